The standard InChI is InChI=1S/C8H11ClN2S/c1-5(2)12-7-6(3)4-10-8(9)11-7/h4-5H,1-3H3. The fraction of sp³-hybridized carbons (Fsp3) is 0.500. The van der Waals surface area contributed by atoms with E-state index >= 15 is 0 Å². The molecule has 0 aliphatic rings. The number of hydrogen-bond donors (Lipinski definition) is 0. The summed E-state index contributed by atoms with van der Waals surface area (Å²) in [6.07, 6.45) is 1.75. The fourth-order valence-electron chi connectivity index (χ4n) is 0.749. The van der Waals surface area contributed by atoms with Crippen LogP contribution in [0.4, 0.5) is 0 Å². The summed E-state index contributed by atoms with van der Waals surface area (Å²) in [7, 11) is 0. The second-order valence-electron chi connectivity index (χ2n) is 2.79. The van der Waals surface area contributed by atoms with Gasteiger partial charge in [-0.2, -0.15) is 0 Å². The van der Waals surface area contributed by atoms with Crippen LogP contribution >= 0.6 is 23.4 Å². The first kappa shape index (κ1) is 9.81. The summed E-state index contributed by atoms with van der Waals surface area (Å²) < 4.78 is 0. The van der Waals surface area contributed by atoms with Crippen molar-refractivity contribution in [3.63, 3.8) is 0 Å². The highest BCUT2D eigenvalue weighted by molar-refractivity contribution is 7.99. The molecule has 0 bridgehead atoms. The molecule has 0 saturated heterocycles. The molecule has 1 heterocycles. The number of rotatable bonds is 2. The van der Waals surface area contributed by atoms with Crippen LogP contribution in [0.15, 0.2) is 11.2 Å². The lowest BCUT2D eigenvalue weighted by atomic mass is 10.4. The third kappa shape index (κ3) is 2.64. The molecule has 0 N–H and O–H groups in total. The first-order valence-corrected chi connectivity index (χ1v) is 5.01. The average Bonchev–Trinajstić information content (AvgIpc) is 1.96. The summed E-state index contributed by atoms with van der Waals surface area (Å²) in [4.78, 5) is 8.02. The summed E-state index contributed by atoms with van der Waals surface area (Å²) in [6.45, 7) is 6.24. The van der Waals surface area contributed by atoms with E-state index in [2.05, 4.69) is 23.8 Å². The van der Waals surface area contributed by atoms with E-state index in [1.807, 2.05) is 6.92 Å². The molecule has 66 valence electrons. The molecule has 0 aliphatic carbocycles. The minimum atomic E-state index is 0.323. The lowest BCUT2D eigenvalue weighted by Crippen LogP contribution is -1.93. The molecule has 0 aliphatic heterocycles. The SMILES string of the molecule is Cc1cnc(Cl)nc1SC(C)C. The van der Waals surface area contributed by atoms with Crippen LogP contribution in [-0.4, -0.2) is 15.2 Å². The molecular weight excluding hydrogens is 192 g/mol. The van der Waals surface area contributed by atoms with E-state index < -0.39 is 0 Å². The van der Waals surface area contributed by atoms with Gasteiger partial charge in [0.1, 0.15) is 5.03 Å². The van der Waals surface area contributed by atoms with Crippen LogP contribution in [-0.2, 0) is 0 Å². The van der Waals surface area contributed by atoms with Gasteiger partial charge >= 0.3 is 0 Å². The third-order valence-corrected chi connectivity index (χ3v) is 2.53. The highest BCUT2D eigenvalue weighted by Gasteiger charge is 2.04. The molecular formula is C8H11ClN2S. The zero-order valence-corrected chi connectivity index (χ0v) is 8.91. The van der Waals surface area contributed by atoms with Gasteiger partial charge in [0.2, 0.25) is 5.28 Å². The predicted octanol–water partition coefficient (Wildman–Crippen LogP) is 2.94. The van der Waals surface area contributed by atoms with Gasteiger partial charge in [-0.3, -0.25) is 0 Å². The van der Waals surface area contributed by atoms with Gasteiger partial charge < -0.3 is 0 Å². The van der Waals surface area contributed by atoms with Crippen molar-refractivity contribution in [1.29, 1.82) is 0 Å². The summed E-state index contributed by atoms with van der Waals surface area (Å²) in [5.41, 5.74) is 1.08. The Labute approximate surface area is 81.8 Å². The Hall–Kier alpha value is -0.280. The van der Waals surface area contributed by atoms with E-state index in [-0.39, 0.29) is 0 Å². The topological polar surface area (TPSA) is 25.8 Å². The lowest BCUT2D eigenvalue weighted by molar-refractivity contribution is 0.990. The van der Waals surface area contributed by atoms with E-state index in [9.17, 15) is 0 Å². The molecule has 0 atom stereocenters. The quantitative estimate of drug-likeness (QED) is 0.419. The highest BCUT2D eigenvalue weighted by Crippen LogP contribution is 2.24. The van der Waals surface area contributed by atoms with Gasteiger partial charge in [0.15, 0.2) is 0 Å². The Kier molecular flexibility index (Phi) is 3.35. The summed E-state index contributed by atoms with van der Waals surface area (Å²) in [6, 6.07) is 0. The second kappa shape index (κ2) is 4.10. The van der Waals surface area contributed by atoms with Gasteiger partial charge in [-0.15, -0.1) is 11.8 Å². The zero-order valence-electron chi connectivity index (χ0n) is 7.34. The van der Waals surface area contributed by atoms with Crippen molar-refractivity contribution < 1.29 is 0 Å². The summed E-state index contributed by atoms with van der Waals surface area (Å²) >= 11 is 7.37. The van der Waals surface area contributed by atoms with Crippen LogP contribution in [0, 0.1) is 6.92 Å². The van der Waals surface area contributed by atoms with Gasteiger partial charge in [-0.1, -0.05) is 13.8 Å². The number of aryl methyl sites for hydroxylation is 1. The second-order valence-corrected chi connectivity index (χ2v) is 4.70. The largest absolute Gasteiger partial charge is 0.226 e. The number of hydrogen-bond acceptors (Lipinski definition) is 3. The molecule has 0 fully saturated rings. The van der Waals surface area contributed by atoms with Crippen molar-refractivity contribution in [2.24, 2.45) is 0 Å². The van der Waals surface area contributed by atoms with Gasteiger partial charge in [0.25, 0.3) is 0 Å². The van der Waals surface area contributed by atoms with Crippen LogP contribution in [0.3, 0.4) is 0 Å². The van der Waals surface area contributed by atoms with Crippen LogP contribution in [0.25, 0.3) is 0 Å². The predicted molar refractivity (Wildman–Crippen MR) is 52.8 cm³/mol. The van der Waals surface area contributed by atoms with Gasteiger partial charge in [-0.25, -0.2) is 9.97 Å². The maximum absolute atomic E-state index is 5.66. The third-order valence-electron chi connectivity index (χ3n) is 1.24. The minimum Gasteiger partial charge on any atom is -0.226 e. The molecule has 1 aromatic rings. The Morgan fingerprint density at radius 3 is 2.75 bits per heavy atom. The van der Waals surface area contributed by atoms with Crippen molar-refractivity contribution in [2.75, 3.05) is 0 Å². The van der Waals surface area contributed by atoms with Crippen LogP contribution in [0.5, 0.6) is 0 Å². The van der Waals surface area contributed by atoms with E-state index in [1.165, 1.54) is 0 Å². The highest BCUT2D eigenvalue weighted by atomic mass is 35.5. The normalized spacial score (nSPS) is 10.8. The molecule has 0 radical (unpaired) electrons. The number of thioether (sulfide) groups is 1. The van der Waals surface area contributed by atoms with E-state index in [1.54, 1.807) is 18.0 Å². The average molecular weight is 203 g/mol. The lowest BCUT2D eigenvalue weighted by Gasteiger charge is -2.05. The fourth-order valence-corrected chi connectivity index (χ4v) is 1.76. The molecule has 0 unspecified atom stereocenters. The molecule has 0 saturated carbocycles. The Morgan fingerprint density at radius 1 is 1.50 bits per heavy atom. The van der Waals surface area contributed by atoms with E-state index in [0.29, 0.717) is 10.5 Å². The first-order chi connectivity index (χ1) is 5.59. The van der Waals surface area contributed by atoms with E-state index in [0.717, 1.165) is 10.6 Å². The van der Waals surface area contributed by atoms with Crippen LogP contribution in [0.1, 0.15) is 19.4 Å². The zero-order chi connectivity index (χ0) is 9.14. The maximum atomic E-state index is 5.66. The minimum absolute atomic E-state index is 0.323. The monoisotopic (exact) mass is 202 g/mol. The van der Waals surface area contributed by atoms with Crippen LogP contribution < -0.4 is 0 Å². The molecule has 12 heavy (non-hydrogen) atoms. The van der Waals surface area contributed by atoms with Crippen molar-refractivity contribution in [3.05, 3.63) is 17.0 Å². The van der Waals surface area contributed by atoms with Gasteiger partial charge in [-0.05, 0) is 24.1 Å². The van der Waals surface area contributed by atoms with Crippen molar-refractivity contribution in [3.8, 4) is 0 Å². The van der Waals surface area contributed by atoms with Gasteiger partial charge in [0.05, 0.1) is 0 Å². The number of halogens is 1. The Balaban J connectivity index is 2.90. The molecule has 0 amide bonds. The molecule has 1 aromatic heterocycles. The Bertz CT molecular complexity index is 276. The molecule has 0 spiro atoms. The van der Waals surface area contributed by atoms with Gasteiger partial charge in [0, 0.05) is 11.4 Å². The maximum Gasteiger partial charge on any atom is 0.223 e. The smallest absolute Gasteiger partial charge is 0.223 e. The van der Waals surface area contributed by atoms with Crippen LogP contribution in [0.2, 0.25) is 5.28 Å². The van der Waals surface area contributed by atoms with Crippen molar-refractivity contribution in [1.82, 2.24) is 9.97 Å². The van der Waals surface area contributed by atoms with Crippen molar-refractivity contribution >= 4 is 23.4 Å². The summed E-state index contributed by atoms with van der Waals surface area (Å²) in [5.74, 6) is 0. The molecule has 2 nitrogen and oxygen atoms in total. The molecule has 0 aromatic carbocycles. The van der Waals surface area contributed by atoms with Crippen molar-refractivity contribution in [2.45, 2.75) is 31.0 Å². The number of nitrogens with zero attached hydrogens (tertiary/aromatic N) is 2. The van der Waals surface area contributed by atoms with E-state index in [4.69, 9.17) is 11.6 Å². The number of aromatic nitrogens is 2. The first-order valence-electron chi connectivity index (χ1n) is 3.75. The molecule has 4 heteroatoms. The molecule has 1 rings (SSSR count). The Morgan fingerprint density at radius 2 is 2.17 bits per heavy atom. The summed E-state index contributed by atoms with van der Waals surface area (Å²) in [5, 5.41) is 1.82.